The summed E-state index contributed by atoms with van der Waals surface area (Å²) >= 11 is 0. The first-order valence-corrected chi connectivity index (χ1v) is 9.75. The summed E-state index contributed by atoms with van der Waals surface area (Å²) in [5.74, 6) is -1.82. The fourth-order valence-corrected chi connectivity index (χ4v) is 3.01. The van der Waals surface area contributed by atoms with Gasteiger partial charge in [-0.15, -0.1) is 0 Å². The second-order valence-corrected chi connectivity index (χ2v) is 7.55. The van der Waals surface area contributed by atoms with Gasteiger partial charge in [-0.2, -0.15) is 5.10 Å². The molecule has 0 heterocycles. The number of carbonyl (C=O) groups is 3. The van der Waals surface area contributed by atoms with Crippen molar-refractivity contribution in [1.82, 2.24) is 10.3 Å². The lowest BCUT2D eigenvalue weighted by Crippen LogP contribution is -2.25. The molecule has 0 spiro atoms. The predicted molar refractivity (Wildman–Crippen MR) is 117 cm³/mol. The van der Waals surface area contributed by atoms with Crippen molar-refractivity contribution in [2.45, 2.75) is 25.8 Å². The van der Waals surface area contributed by atoms with Crippen molar-refractivity contribution in [1.29, 1.82) is 0 Å². The highest BCUT2D eigenvalue weighted by atomic mass is 19.1. The Hall–Kier alpha value is -3.75. The number of hydrogen-bond donors (Lipinski definition) is 2. The van der Waals surface area contributed by atoms with Crippen LogP contribution in [0.4, 0.5) is 15.8 Å². The van der Waals surface area contributed by atoms with Gasteiger partial charge in [-0.25, -0.2) is 9.82 Å². The Labute approximate surface area is 179 Å². The van der Waals surface area contributed by atoms with Crippen LogP contribution >= 0.6 is 0 Å². The van der Waals surface area contributed by atoms with E-state index >= 15 is 0 Å². The highest BCUT2D eigenvalue weighted by Gasteiger charge is 2.31. The summed E-state index contributed by atoms with van der Waals surface area (Å²) in [4.78, 5) is 39.6. The maximum absolute atomic E-state index is 14.5. The van der Waals surface area contributed by atoms with E-state index in [4.69, 9.17) is 0 Å². The Bertz CT molecular complexity index is 1030. The molecule has 0 atom stereocenters. The van der Waals surface area contributed by atoms with Crippen LogP contribution in [0.5, 0.6) is 0 Å². The summed E-state index contributed by atoms with van der Waals surface area (Å²) in [5.41, 5.74) is 3.88. The lowest BCUT2D eigenvalue weighted by Gasteiger charge is -2.20. The van der Waals surface area contributed by atoms with Gasteiger partial charge >= 0.3 is 0 Å². The fraction of sp³-hybridized carbons (Fsp3) is 0.273. The Morgan fingerprint density at radius 1 is 1.16 bits per heavy atom. The van der Waals surface area contributed by atoms with Gasteiger partial charge in [0, 0.05) is 37.1 Å². The van der Waals surface area contributed by atoms with Crippen molar-refractivity contribution in [2.75, 3.05) is 24.3 Å². The van der Waals surface area contributed by atoms with E-state index in [0.717, 1.165) is 12.8 Å². The zero-order valence-electron chi connectivity index (χ0n) is 17.6. The normalized spacial score (nSPS) is 13.0. The van der Waals surface area contributed by atoms with Crippen molar-refractivity contribution in [3.05, 3.63) is 58.9 Å². The second kappa shape index (κ2) is 9.38. The van der Waals surface area contributed by atoms with E-state index in [9.17, 15) is 18.8 Å². The third-order valence-electron chi connectivity index (χ3n) is 4.70. The predicted octanol–water partition coefficient (Wildman–Crippen LogP) is 2.75. The van der Waals surface area contributed by atoms with Gasteiger partial charge in [0.2, 0.25) is 6.41 Å². The third kappa shape index (κ3) is 5.44. The number of halogens is 1. The number of nitrogens with one attached hydrogen (secondary N) is 2. The summed E-state index contributed by atoms with van der Waals surface area (Å²) in [6, 6.07) is 8.94. The van der Waals surface area contributed by atoms with Crippen LogP contribution in [-0.2, 0) is 4.79 Å². The molecular formula is C22H24FN5O3. The van der Waals surface area contributed by atoms with E-state index in [0.29, 0.717) is 23.3 Å². The number of anilines is 2. The molecule has 31 heavy (non-hydrogen) atoms. The molecule has 1 saturated carbocycles. The van der Waals surface area contributed by atoms with Gasteiger partial charge in [0.15, 0.2) is 0 Å². The third-order valence-corrected chi connectivity index (χ3v) is 4.70. The minimum atomic E-state index is -0.688. The molecule has 0 bridgehead atoms. The van der Waals surface area contributed by atoms with Crippen LogP contribution in [0.2, 0.25) is 0 Å². The maximum Gasteiger partial charge on any atom is 0.271 e. The number of benzene rings is 2. The maximum atomic E-state index is 14.5. The van der Waals surface area contributed by atoms with Gasteiger partial charge in [-0.3, -0.25) is 14.4 Å². The van der Waals surface area contributed by atoms with Crippen LogP contribution in [0.15, 0.2) is 41.5 Å². The summed E-state index contributed by atoms with van der Waals surface area (Å²) in [6.07, 6.45) is 3.90. The van der Waals surface area contributed by atoms with E-state index in [1.807, 2.05) is 0 Å². The minimum absolute atomic E-state index is 0.0860. The molecule has 8 nitrogen and oxygen atoms in total. The molecule has 0 unspecified atom stereocenters. The average Bonchev–Trinajstić information content (AvgIpc) is 3.55. The van der Waals surface area contributed by atoms with Gasteiger partial charge in [-0.05, 0) is 55.7 Å². The van der Waals surface area contributed by atoms with Crippen LogP contribution < -0.4 is 15.6 Å². The van der Waals surface area contributed by atoms with E-state index in [1.54, 1.807) is 44.1 Å². The first kappa shape index (κ1) is 21.9. The first-order valence-electron chi connectivity index (χ1n) is 9.75. The van der Waals surface area contributed by atoms with Crippen LogP contribution in [0.25, 0.3) is 0 Å². The lowest BCUT2D eigenvalue weighted by molar-refractivity contribution is -0.107. The largest absolute Gasteiger partial charge is 0.367 e. The zero-order valence-corrected chi connectivity index (χ0v) is 17.6. The topological polar surface area (TPSA) is 94.1 Å². The number of hydrazone groups is 1. The molecule has 0 radical (unpaired) electrons. The van der Waals surface area contributed by atoms with Gasteiger partial charge in [0.05, 0.1) is 5.56 Å². The number of carbonyl (C=O) groups excluding carboxylic acids is 3. The smallest absolute Gasteiger partial charge is 0.271 e. The summed E-state index contributed by atoms with van der Waals surface area (Å²) < 4.78 is 14.5. The van der Waals surface area contributed by atoms with Crippen molar-refractivity contribution in [3.63, 3.8) is 0 Å². The quantitative estimate of drug-likeness (QED) is 0.294. The van der Waals surface area contributed by atoms with Crippen LogP contribution in [0.1, 0.15) is 39.1 Å². The van der Waals surface area contributed by atoms with Crippen molar-refractivity contribution >= 4 is 35.9 Å². The molecule has 0 aromatic heterocycles. The molecule has 162 valence electrons. The average molecular weight is 425 g/mol. The molecule has 2 N–H and O–H groups in total. The monoisotopic (exact) mass is 425 g/mol. The highest BCUT2D eigenvalue weighted by Crippen LogP contribution is 2.33. The molecule has 3 amide bonds. The van der Waals surface area contributed by atoms with Gasteiger partial charge in [-0.1, -0.05) is 6.07 Å². The molecule has 1 fully saturated rings. The molecule has 2 aromatic rings. The number of rotatable bonds is 8. The molecule has 0 saturated heterocycles. The first-order chi connectivity index (χ1) is 14.8. The molecule has 0 aliphatic heterocycles. The van der Waals surface area contributed by atoms with Crippen LogP contribution in [0.3, 0.4) is 0 Å². The summed E-state index contributed by atoms with van der Waals surface area (Å²) in [6.45, 7) is 1.69. The minimum Gasteiger partial charge on any atom is -0.367 e. The van der Waals surface area contributed by atoms with Crippen LogP contribution in [-0.4, -0.2) is 49.6 Å². The molecule has 1 aliphatic carbocycles. The standard InChI is InChI=1S/C22H24FN5O3/c1-14-9-19(23)18(11-20(14)28(13-29)17-7-8-17)22(31)25-16-6-4-5-15(10-16)21(30)26-24-12-27(2)3/h4-6,9-13,17H,7-8H2,1-3H3,(H,25,31)(H,26,30)/b24-12+. The Balaban J connectivity index is 1.78. The van der Waals surface area contributed by atoms with E-state index in [2.05, 4.69) is 15.8 Å². The van der Waals surface area contributed by atoms with E-state index in [1.165, 1.54) is 29.4 Å². The van der Waals surface area contributed by atoms with Crippen molar-refractivity contribution < 1.29 is 18.8 Å². The van der Waals surface area contributed by atoms with E-state index in [-0.39, 0.29) is 17.2 Å². The number of aryl methyl sites for hydroxylation is 1. The molecule has 1 aliphatic rings. The number of nitrogens with zero attached hydrogens (tertiary/aromatic N) is 3. The van der Waals surface area contributed by atoms with Crippen molar-refractivity contribution in [3.8, 4) is 0 Å². The fourth-order valence-electron chi connectivity index (χ4n) is 3.01. The lowest BCUT2D eigenvalue weighted by atomic mass is 10.1. The Kier molecular flexibility index (Phi) is 6.64. The summed E-state index contributed by atoms with van der Waals surface area (Å²) in [5, 5.41) is 6.39. The zero-order chi connectivity index (χ0) is 22.5. The molecule has 9 heteroatoms. The van der Waals surface area contributed by atoms with Crippen LogP contribution in [0, 0.1) is 12.7 Å². The molecular weight excluding hydrogens is 401 g/mol. The second-order valence-electron chi connectivity index (χ2n) is 7.55. The molecule has 3 rings (SSSR count). The SMILES string of the molecule is Cc1cc(F)c(C(=O)Nc2cccc(C(=O)N/N=C/N(C)C)c2)cc1N(C=O)C1CC1. The Morgan fingerprint density at radius 2 is 1.90 bits per heavy atom. The number of amides is 3. The van der Waals surface area contributed by atoms with Gasteiger partial charge in [0.25, 0.3) is 11.8 Å². The molecule has 2 aromatic carbocycles. The van der Waals surface area contributed by atoms with Crippen molar-refractivity contribution in [2.24, 2.45) is 5.10 Å². The van der Waals surface area contributed by atoms with E-state index < -0.39 is 17.6 Å². The Morgan fingerprint density at radius 3 is 2.55 bits per heavy atom. The number of hydrogen-bond acceptors (Lipinski definition) is 4. The van der Waals surface area contributed by atoms with Gasteiger partial charge in [0.1, 0.15) is 12.2 Å². The van der Waals surface area contributed by atoms with Gasteiger partial charge < -0.3 is 15.1 Å². The highest BCUT2D eigenvalue weighted by molar-refractivity contribution is 6.06. The summed E-state index contributed by atoms with van der Waals surface area (Å²) in [7, 11) is 3.53.